The summed E-state index contributed by atoms with van der Waals surface area (Å²) < 4.78 is 0.797. The van der Waals surface area contributed by atoms with Gasteiger partial charge in [0.25, 0.3) is 0 Å². The first-order chi connectivity index (χ1) is 5.33. The van der Waals surface area contributed by atoms with Crippen LogP contribution in [-0.2, 0) is 0 Å². The minimum atomic E-state index is 0.797. The fraction of sp³-hybridized carbons (Fsp3) is 0.375. The lowest BCUT2D eigenvalue weighted by molar-refractivity contribution is -0.607. The zero-order valence-electron chi connectivity index (χ0n) is 7.07. The molecule has 0 aliphatic rings. The van der Waals surface area contributed by atoms with Crippen LogP contribution in [-0.4, -0.2) is 6.26 Å². The Morgan fingerprint density at radius 3 is 2.45 bits per heavy atom. The lowest BCUT2D eigenvalue weighted by atomic mass is 10.5. The topological polar surface area (TPSA) is 26.9 Å². The molecule has 1 rings (SSSR count). The highest BCUT2D eigenvalue weighted by Gasteiger charge is 1.91. The summed E-state index contributed by atoms with van der Waals surface area (Å²) in [6.45, 7) is 4.00. The van der Waals surface area contributed by atoms with Crippen LogP contribution in [0.2, 0.25) is 0 Å². The fourth-order valence-corrected chi connectivity index (χ4v) is 0.979. The van der Waals surface area contributed by atoms with Crippen molar-refractivity contribution in [1.29, 1.82) is 0 Å². The highest BCUT2D eigenvalue weighted by Crippen LogP contribution is 2.09. The molecule has 0 aromatic carbocycles. The molecule has 1 aromatic heterocycles. The summed E-state index contributed by atoms with van der Waals surface area (Å²) in [6.07, 6.45) is 4.96. The lowest BCUT2D eigenvalue weighted by Crippen LogP contribution is -2.23. The molecular formula is C8H13NOS. The molecule has 1 aromatic rings. The number of rotatable bonds is 1. The molecule has 0 atom stereocenters. The van der Waals surface area contributed by atoms with Gasteiger partial charge in [0.2, 0.25) is 0 Å². The normalized spacial score (nSPS) is 8.27. The third-order valence-electron chi connectivity index (χ3n) is 0.984. The van der Waals surface area contributed by atoms with Gasteiger partial charge in [0.15, 0.2) is 12.4 Å². The molecular weight excluding hydrogens is 158 g/mol. The van der Waals surface area contributed by atoms with Gasteiger partial charge in [-0.2, -0.15) is 4.73 Å². The van der Waals surface area contributed by atoms with Gasteiger partial charge in [-0.05, 0) is 12.3 Å². The number of hydrogen-bond acceptors (Lipinski definition) is 2. The van der Waals surface area contributed by atoms with Gasteiger partial charge < -0.3 is 5.21 Å². The van der Waals surface area contributed by atoms with Gasteiger partial charge in [-0.1, -0.05) is 13.8 Å². The Kier molecular flexibility index (Phi) is 5.65. The Morgan fingerprint density at radius 2 is 2.09 bits per heavy atom. The van der Waals surface area contributed by atoms with Crippen molar-refractivity contribution in [3.05, 3.63) is 29.7 Å². The van der Waals surface area contributed by atoms with E-state index in [1.807, 2.05) is 26.2 Å². The minimum Gasteiger partial charge on any atom is -0.619 e. The molecule has 0 bridgehead atoms. The zero-order valence-corrected chi connectivity index (χ0v) is 7.89. The third-order valence-corrected chi connectivity index (χ3v) is 1.70. The number of aromatic nitrogens is 1. The van der Waals surface area contributed by atoms with Gasteiger partial charge in [0, 0.05) is 6.07 Å². The molecule has 11 heavy (non-hydrogen) atoms. The summed E-state index contributed by atoms with van der Waals surface area (Å²) in [7, 11) is 0. The van der Waals surface area contributed by atoms with E-state index in [4.69, 9.17) is 0 Å². The molecule has 2 nitrogen and oxygen atoms in total. The molecule has 0 unspecified atom stereocenters. The monoisotopic (exact) mass is 171 g/mol. The number of hydrogen-bond donors (Lipinski definition) is 0. The van der Waals surface area contributed by atoms with Crippen LogP contribution in [0.4, 0.5) is 0 Å². The quantitative estimate of drug-likeness (QED) is 0.367. The van der Waals surface area contributed by atoms with Crippen molar-refractivity contribution < 1.29 is 4.73 Å². The molecule has 3 heteroatoms. The molecule has 0 aliphatic carbocycles. The molecule has 1 heterocycles. The van der Waals surface area contributed by atoms with Crippen molar-refractivity contribution >= 4 is 11.8 Å². The average molecular weight is 171 g/mol. The highest BCUT2D eigenvalue weighted by atomic mass is 32.2. The predicted molar refractivity (Wildman–Crippen MR) is 48.5 cm³/mol. The molecule has 0 amide bonds. The van der Waals surface area contributed by atoms with E-state index >= 15 is 0 Å². The maximum atomic E-state index is 10.6. The van der Waals surface area contributed by atoms with Gasteiger partial charge in [-0.15, -0.1) is 11.8 Å². The maximum Gasteiger partial charge on any atom is 0.193 e. The summed E-state index contributed by atoms with van der Waals surface area (Å²) >= 11 is 1.56. The molecule has 0 saturated carbocycles. The Bertz CT molecular complexity index is 203. The summed E-state index contributed by atoms with van der Waals surface area (Å²) in [6, 6.07) is 3.64. The number of nitrogens with zero attached hydrogens (tertiary/aromatic N) is 1. The smallest absolute Gasteiger partial charge is 0.193 e. The molecule has 0 radical (unpaired) electrons. The van der Waals surface area contributed by atoms with Crippen LogP contribution in [0, 0.1) is 5.21 Å². The van der Waals surface area contributed by atoms with Gasteiger partial charge in [-0.3, -0.25) is 0 Å². The van der Waals surface area contributed by atoms with Crippen molar-refractivity contribution in [3.63, 3.8) is 0 Å². The Balaban J connectivity index is 0.000000461. The van der Waals surface area contributed by atoms with E-state index in [9.17, 15) is 5.21 Å². The summed E-state index contributed by atoms with van der Waals surface area (Å²) in [5.41, 5.74) is 0. The first-order valence-corrected chi connectivity index (χ1v) is 4.78. The van der Waals surface area contributed by atoms with Crippen LogP contribution in [0.3, 0.4) is 0 Å². The van der Waals surface area contributed by atoms with Gasteiger partial charge in [-0.25, -0.2) is 0 Å². The van der Waals surface area contributed by atoms with Gasteiger partial charge >= 0.3 is 0 Å². The van der Waals surface area contributed by atoms with Crippen LogP contribution in [0.1, 0.15) is 13.8 Å². The van der Waals surface area contributed by atoms with E-state index in [1.165, 1.54) is 6.20 Å². The Hall–Kier alpha value is -0.700. The summed E-state index contributed by atoms with van der Waals surface area (Å²) in [4.78, 5) is 0.993. The first kappa shape index (κ1) is 10.3. The number of pyridine rings is 1. The molecule has 0 saturated heterocycles. The Labute approximate surface area is 71.8 Å². The molecule has 0 fully saturated rings. The van der Waals surface area contributed by atoms with E-state index in [2.05, 4.69) is 0 Å². The fourth-order valence-electron chi connectivity index (χ4n) is 0.555. The molecule has 0 aliphatic heterocycles. The standard InChI is InChI=1S/C6H7NOS.C2H6/c1-9-6-3-2-4-7(8)5-6;1-2/h2-5H,1H3;1-2H3. The third kappa shape index (κ3) is 3.88. The second-order valence-electron chi connectivity index (χ2n) is 1.60. The van der Waals surface area contributed by atoms with Crippen LogP contribution in [0.5, 0.6) is 0 Å². The second-order valence-corrected chi connectivity index (χ2v) is 2.48. The highest BCUT2D eigenvalue weighted by molar-refractivity contribution is 7.98. The van der Waals surface area contributed by atoms with Gasteiger partial charge in [0.1, 0.15) is 0 Å². The second kappa shape index (κ2) is 6.04. The van der Waals surface area contributed by atoms with E-state index < -0.39 is 0 Å². The van der Waals surface area contributed by atoms with Gasteiger partial charge in [0.05, 0.1) is 4.90 Å². The summed E-state index contributed by atoms with van der Waals surface area (Å²) in [5.74, 6) is 0. The number of thioether (sulfide) groups is 1. The predicted octanol–water partition coefficient (Wildman–Crippen LogP) is 2.07. The van der Waals surface area contributed by atoms with Crippen LogP contribution in [0.15, 0.2) is 29.4 Å². The van der Waals surface area contributed by atoms with E-state index in [0.717, 1.165) is 9.63 Å². The van der Waals surface area contributed by atoms with Crippen LogP contribution < -0.4 is 4.73 Å². The van der Waals surface area contributed by atoms with Crippen molar-refractivity contribution in [2.75, 3.05) is 6.26 Å². The van der Waals surface area contributed by atoms with Crippen LogP contribution in [0.25, 0.3) is 0 Å². The maximum absolute atomic E-state index is 10.6. The largest absolute Gasteiger partial charge is 0.619 e. The van der Waals surface area contributed by atoms with Crippen LogP contribution >= 0.6 is 11.8 Å². The van der Waals surface area contributed by atoms with E-state index in [-0.39, 0.29) is 0 Å². The zero-order chi connectivity index (χ0) is 8.69. The lowest BCUT2D eigenvalue weighted by Gasteiger charge is -1.95. The minimum absolute atomic E-state index is 0.797. The molecule has 62 valence electrons. The van der Waals surface area contributed by atoms with Crippen molar-refractivity contribution in [3.8, 4) is 0 Å². The average Bonchev–Trinajstić information content (AvgIpc) is 2.08. The Morgan fingerprint density at radius 1 is 1.45 bits per heavy atom. The van der Waals surface area contributed by atoms with E-state index in [0.29, 0.717) is 0 Å². The van der Waals surface area contributed by atoms with Crippen molar-refractivity contribution in [1.82, 2.24) is 0 Å². The SMILES string of the molecule is CC.CSc1ccc[n+]([O-])c1. The molecule has 0 spiro atoms. The van der Waals surface area contributed by atoms with Crippen molar-refractivity contribution in [2.45, 2.75) is 18.7 Å². The molecule has 0 N–H and O–H groups in total. The summed E-state index contributed by atoms with van der Waals surface area (Å²) in [5, 5.41) is 10.6. The van der Waals surface area contributed by atoms with Crippen molar-refractivity contribution in [2.24, 2.45) is 0 Å². The first-order valence-electron chi connectivity index (χ1n) is 3.56. The van der Waals surface area contributed by atoms with E-state index in [1.54, 1.807) is 24.0 Å².